The molecule has 104 valence electrons. The van der Waals surface area contributed by atoms with Crippen molar-refractivity contribution in [2.45, 2.75) is 20.4 Å². The first-order valence-electron chi connectivity index (χ1n) is 6.55. The molecule has 3 heteroatoms. The van der Waals surface area contributed by atoms with E-state index in [1.54, 1.807) is 24.1 Å². The van der Waals surface area contributed by atoms with E-state index in [0.29, 0.717) is 6.54 Å². The molecular weight excluding hydrogens is 253 g/mol. The molecule has 0 aromatic heterocycles. The van der Waals surface area contributed by atoms with Crippen LogP contribution in [0.5, 0.6) is 0 Å². The molecule has 20 heavy (non-hydrogen) atoms. The number of rotatable bonds is 3. The maximum Gasteiger partial charge on any atom is 0.256 e. The second-order valence-corrected chi connectivity index (χ2v) is 5.07. The summed E-state index contributed by atoms with van der Waals surface area (Å²) in [5.41, 5.74) is 3.19. The molecular formula is C17H18FNO. The second kappa shape index (κ2) is 5.87. The van der Waals surface area contributed by atoms with Crippen LogP contribution >= 0.6 is 0 Å². The Bertz CT molecular complexity index is 637. The van der Waals surface area contributed by atoms with Crippen molar-refractivity contribution in [3.63, 3.8) is 0 Å². The molecule has 0 atom stereocenters. The van der Waals surface area contributed by atoms with Crippen LogP contribution in [0.1, 0.15) is 27.0 Å². The van der Waals surface area contributed by atoms with Gasteiger partial charge in [-0.3, -0.25) is 4.79 Å². The summed E-state index contributed by atoms with van der Waals surface area (Å²) in [6, 6.07) is 12.5. The van der Waals surface area contributed by atoms with Gasteiger partial charge in [0.05, 0.1) is 5.56 Å². The lowest BCUT2D eigenvalue weighted by molar-refractivity contribution is 0.0780. The van der Waals surface area contributed by atoms with Crippen LogP contribution < -0.4 is 0 Å². The molecule has 2 rings (SSSR count). The summed E-state index contributed by atoms with van der Waals surface area (Å²) in [6.45, 7) is 4.32. The molecule has 0 aliphatic heterocycles. The number of hydrogen-bond acceptors (Lipinski definition) is 1. The summed E-state index contributed by atoms with van der Waals surface area (Å²) in [5, 5.41) is 0. The van der Waals surface area contributed by atoms with Gasteiger partial charge in [0, 0.05) is 13.6 Å². The quantitative estimate of drug-likeness (QED) is 0.833. The van der Waals surface area contributed by atoms with Crippen molar-refractivity contribution in [2.75, 3.05) is 7.05 Å². The third-order valence-corrected chi connectivity index (χ3v) is 3.37. The molecule has 0 aliphatic carbocycles. The zero-order chi connectivity index (χ0) is 14.7. The maximum atomic E-state index is 13.8. The fourth-order valence-corrected chi connectivity index (χ4v) is 2.12. The topological polar surface area (TPSA) is 20.3 Å². The largest absolute Gasteiger partial charge is 0.337 e. The van der Waals surface area contributed by atoms with Crippen LogP contribution in [0.15, 0.2) is 42.5 Å². The number of halogens is 1. The summed E-state index contributed by atoms with van der Waals surface area (Å²) in [4.78, 5) is 13.9. The van der Waals surface area contributed by atoms with Gasteiger partial charge in [-0.1, -0.05) is 35.9 Å². The fourth-order valence-electron chi connectivity index (χ4n) is 2.12. The van der Waals surface area contributed by atoms with Gasteiger partial charge in [-0.2, -0.15) is 0 Å². The van der Waals surface area contributed by atoms with Gasteiger partial charge in [0.15, 0.2) is 0 Å². The molecule has 0 N–H and O–H groups in total. The molecule has 0 aliphatic rings. The van der Waals surface area contributed by atoms with Gasteiger partial charge in [-0.25, -0.2) is 4.39 Å². The number of carbonyl (C=O) groups is 1. The number of nitrogens with zero attached hydrogens (tertiary/aromatic N) is 1. The predicted octanol–water partition coefficient (Wildman–Crippen LogP) is 3.71. The standard InChI is InChI=1S/C17H18FNO/c1-12-8-9-16(18)15(10-12)17(20)19(3)11-14-7-5-4-6-13(14)2/h4-10H,11H2,1-3H3. The molecule has 0 spiro atoms. The number of hydrogen-bond donors (Lipinski definition) is 0. The van der Waals surface area contributed by atoms with Crippen LogP contribution in [0.3, 0.4) is 0 Å². The van der Waals surface area contributed by atoms with E-state index < -0.39 is 5.82 Å². The highest BCUT2D eigenvalue weighted by Crippen LogP contribution is 2.15. The van der Waals surface area contributed by atoms with E-state index >= 15 is 0 Å². The smallest absolute Gasteiger partial charge is 0.256 e. The first kappa shape index (κ1) is 14.3. The Morgan fingerprint density at radius 1 is 1.15 bits per heavy atom. The van der Waals surface area contributed by atoms with Crippen LogP contribution in [-0.4, -0.2) is 17.9 Å². The first-order chi connectivity index (χ1) is 9.49. The molecule has 1 amide bonds. The Hall–Kier alpha value is -2.16. The van der Waals surface area contributed by atoms with Crippen LogP contribution in [0.25, 0.3) is 0 Å². The zero-order valence-electron chi connectivity index (χ0n) is 12.0. The fraction of sp³-hybridized carbons (Fsp3) is 0.235. The summed E-state index contributed by atoms with van der Waals surface area (Å²) >= 11 is 0. The van der Waals surface area contributed by atoms with Crippen LogP contribution in [-0.2, 0) is 6.54 Å². The van der Waals surface area contributed by atoms with E-state index in [9.17, 15) is 9.18 Å². The molecule has 0 unspecified atom stereocenters. The summed E-state index contributed by atoms with van der Waals surface area (Å²) in [6.07, 6.45) is 0. The molecule has 0 saturated carbocycles. The minimum absolute atomic E-state index is 0.126. The Labute approximate surface area is 118 Å². The van der Waals surface area contributed by atoms with Crippen molar-refractivity contribution in [3.05, 3.63) is 70.5 Å². The van der Waals surface area contributed by atoms with Gasteiger partial charge in [-0.05, 0) is 37.1 Å². The molecule has 0 radical (unpaired) electrons. The molecule has 2 nitrogen and oxygen atoms in total. The lowest BCUT2D eigenvalue weighted by Crippen LogP contribution is -2.27. The minimum atomic E-state index is -0.475. The Morgan fingerprint density at radius 3 is 2.55 bits per heavy atom. The highest BCUT2D eigenvalue weighted by molar-refractivity contribution is 5.94. The van der Waals surface area contributed by atoms with Crippen LogP contribution in [0.4, 0.5) is 4.39 Å². The lowest BCUT2D eigenvalue weighted by Gasteiger charge is -2.19. The predicted molar refractivity (Wildman–Crippen MR) is 78.1 cm³/mol. The summed E-state index contributed by atoms with van der Waals surface area (Å²) < 4.78 is 13.8. The Morgan fingerprint density at radius 2 is 1.85 bits per heavy atom. The number of aryl methyl sites for hydroxylation is 2. The maximum absolute atomic E-state index is 13.8. The van der Waals surface area contributed by atoms with Crippen molar-refractivity contribution in [2.24, 2.45) is 0 Å². The van der Waals surface area contributed by atoms with Crippen molar-refractivity contribution in [1.82, 2.24) is 4.90 Å². The Balaban J connectivity index is 2.21. The highest BCUT2D eigenvalue weighted by atomic mass is 19.1. The van der Waals surface area contributed by atoms with Gasteiger partial charge in [-0.15, -0.1) is 0 Å². The van der Waals surface area contributed by atoms with Crippen molar-refractivity contribution >= 4 is 5.91 Å². The molecule has 2 aromatic carbocycles. The third kappa shape index (κ3) is 3.05. The van der Waals surface area contributed by atoms with Crippen molar-refractivity contribution in [1.29, 1.82) is 0 Å². The van der Waals surface area contributed by atoms with Crippen molar-refractivity contribution in [3.8, 4) is 0 Å². The van der Waals surface area contributed by atoms with E-state index in [2.05, 4.69) is 0 Å². The molecule has 0 bridgehead atoms. The molecule has 0 saturated heterocycles. The van der Waals surface area contributed by atoms with Crippen LogP contribution in [0, 0.1) is 19.7 Å². The zero-order valence-corrected chi connectivity index (χ0v) is 12.0. The van der Waals surface area contributed by atoms with Gasteiger partial charge >= 0.3 is 0 Å². The molecule has 0 fully saturated rings. The normalized spacial score (nSPS) is 10.4. The van der Waals surface area contributed by atoms with E-state index in [4.69, 9.17) is 0 Å². The van der Waals surface area contributed by atoms with Crippen LogP contribution in [0.2, 0.25) is 0 Å². The summed E-state index contributed by atoms with van der Waals surface area (Å²) in [5.74, 6) is -0.772. The lowest BCUT2D eigenvalue weighted by atomic mass is 10.1. The van der Waals surface area contributed by atoms with E-state index in [0.717, 1.165) is 16.7 Å². The van der Waals surface area contributed by atoms with Gasteiger partial charge in [0.1, 0.15) is 5.82 Å². The average molecular weight is 271 g/mol. The van der Waals surface area contributed by atoms with E-state index in [1.165, 1.54) is 6.07 Å². The SMILES string of the molecule is Cc1ccc(F)c(C(=O)N(C)Cc2ccccc2C)c1. The van der Waals surface area contributed by atoms with E-state index in [-0.39, 0.29) is 11.5 Å². The van der Waals surface area contributed by atoms with Crippen molar-refractivity contribution < 1.29 is 9.18 Å². The third-order valence-electron chi connectivity index (χ3n) is 3.37. The molecule has 2 aromatic rings. The first-order valence-corrected chi connectivity index (χ1v) is 6.55. The Kier molecular flexibility index (Phi) is 4.18. The minimum Gasteiger partial charge on any atom is -0.337 e. The second-order valence-electron chi connectivity index (χ2n) is 5.07. The highest BCUT2D eigenvalue weighted by Gasteiger charge is 2.16. The van der Waals surface area contributed by atoms with Gasteiger partial charge < -0.3 is 4.90 Å². The van der Waals surface area contributed by atoms with Gasteiger partial charge in [0.25, 0.3) is 5.91 Å². The molecule has 0 heterocycles. The number of benzene rings is 2. The number of amides is 1. The summed E-state index contributed by atoms with van der Waals surface area (Å²) in [7, 11) is 1.69. The van der Waals surface area contributed by atoms with E-state index in [1.807, 2.05) is 38.1 Å². The van der Waals surface area contributed by atoms with Gasteiger partial charge in [0.2, 0.25) is 0 Å². The number of carbonyl (C=O) groups excluding carboxylic acids is 1. The monoisotopic (exact) mass is 271 g/mol. The average Bonchev–Trinajstić information content (AvgIpc) is 2.43.